The van der Waals surface area contributed by atoms with Crippen LogP contribution in [0.3, 0.4) is 0 Å². The molecule has 0 radical (unpaired) electrons. The molecule has 0 unspecified atom stereocenters. The summed E-state index contributed by atoms with van der Waals surface area (Å²) in [5, 5.41) is 8.65. The second kappa shape index (κ2) is 12.9. The fraction of sp³-hybridized carbons (Fsp3) is 0.423. The van der Waals surface area contributed by atoms with Crippen molar-refractivity contribution in [3.8, 4) is 11.5 Å². The van der Waals surface area contributed by atoms with Crippen molar-refractivity contribution in [2.45, 2.75) is 38.1 Å². The molecule has 2 aliphatic rings. The van der Waals surface area contributed by atoms with Crippen molar-refractivity contribution in [3.05, 3.63) is 58.1 Å². The zero-order valence-corrected chi connectivity index (χ0v) is 21.5. The number of hydrazone groups is 1. The zero-order chi connectivity index (χ0) is 25.3. The van der Waals surface area contributed by atoms with Gasteiger partial charge >= 0.3 is 0 Å². The lowest BCUT2D eigenvalue weighted by Gasteiger charge is -2.32. The third-order valence-corrected chi connectivity index (χ3v) is 6.82. The standard InChI is InChI=1S/C26H30Cl2N4O4/c27-20-4-1-2-5-23(20)35-15-3-12-29-19-10-13-32(14-11-19)26(34)17-36-24-8-6-18(16-21(24)28)22-7-9-25(33)31-30-22/h1-2,4-6,8,16,19,29H,3,7,9-15,17H2,(H,31,33). The molecule has 2 aromatic rings. The van der Waals surface area contributed by atoms with Gasteiger partial charge in [-0.1, -0.05) is 35.3 Å². The van der Waals surface area contributed by atoms with E-state index in [1.54, 1.807) is 12.1 Å². The Morgan fingerprint density at radius 3 is 2.56 bits per heavy atom. The van der Waals surface area contributed by atoms with E-state index in [9.17, 15) is 9.59 Å². The van der Waals surface area contributed by atoms with E-state index in [-0.39, 0.29) is 18.4 Å². The quantitative estimate of drug-likeness (QED) is 0.450. The van der Waals surface area contributed by atoms with Gasteiger partial charge in [-0.25, -0.2) is 5.43 Å². The predicted molar refractivity (Wildman–Crippen MR) is 140 cm³/mol. The van der Waals surface area contributed by atoms with Crippen LogP contribution >= 0.6 is 23.2 Å². The first kappa shape index (κ1) is 26.3. The summed E-state index contributed by atoms with van der Waals surface area (Å²) in [6.45, 7) is 2.76. The maximum absolute atomic E-state index is 12.6. The molecule has 0 bridgehead atoms. The molecule has 0 spiro atoms. The number of halogens is 2. The summed E-state index contributed by atoms with van der Waals surface area (Å²) in [6, 6.07) is 13.2. The number of ether oxygens (including phenoxy) is 2. The Kier molecular flexibility index (Phi) is 9.44. The smallest absolute Gasteiger partial charge is 0.260 e. The first-order chi connectivity index (χ1) is 17.5. The maximum Gasteiger partial charge on any atom is 0.260 e. The van der Waals surface area contributed by atoms with Gasteiger partial charge in [-0.05, 0) is 61.7 Å². The molecule has 0 saturated carbocycles. The van der Waals surface area contributed by atoms with Crippen molar-refractivity contribution in [1.29, 1.82) is 0 Å². The number of carbonyl (C=O) groups excluding carboxylic acids is 2. The van der Waals surface area contributed by atoms with E-state index in [1.165, 1.54) is 0 Å². The number of likely N-dealkylation sites (tertiary alicyclic amines) is 1. The summed E-state index contributed by atoms with van der Waals surface area (Å²) in [7, 11) is 0. The van der Waals surface area contributed by atoms with Gasteiger partial charge in [0.1, 0.15) is 11.5 Å². The van der Waals surface area contributed by atoms with Gasteiger partial charge in [0.15, 0.2) is 6.61 Å². The molecule has 192 valence electrons. The Bertz CT molecular complexity index is 1100. The molecule has 4 rings (SSSR count). The summed E-state index contributed by atoms with van der Waals surface area (Å²) in [6.07, 6.45) is 3.62. The van der Waals surface area contributed by atoms with Gasteiger partial charge in [0, 0.05) is 32.0 Å². The minimum Gasteiger partial charge on any atom is -0.492 e. The van der Waals surface area contributed by atoms with Crippen LogP contribution in [0.5, 0.6) is 11.5 Å². The van der Waals surface area contributed by atoms with Gasteiger partial charge in [0.2, 0.25) is 5.91 Å². The van der Waals surface area contributed by atoms with E-state index in [0.717, 1.165) is 37.1 Å². The normalized spacial score (nSPS) is 16.3. The van der Waals surface area contributed by atoms with Gasteiger partial charge in [0.05, 0.1) is 22.4 Å². The molecule has 2 amide bonds. The zero-order valence-electron chi connectivity index (χ0n) is 20.0. The Labute approximate surface area is 220 Å². The molecule has 0 aromatic heterocycles. The molecule has 2 N–H and O–H groups in total. The van der Waals surface area contributed by atoms with Crippen molar-refractivity contribution in [2.24, 2.45) is 5.10 Å². The minimum absolute atomic E-state index is 0.0545. The molecule has 0 aliphatic carbocycles. The van der Waals surface area contributed by atoms with E-state index in [4.69, 9.17) is 32.7 Å². The van der Waals surface area contributed by atoms with Gasteiger partial charge < -0.3 is 19.7 Å². The molecular formula is C26H30Cl2N4O4. The maximum atomic E-state index is 12.6. The van der Waals surface area contributed by atoms with Crippen LogP contribution in [-0.2, 0) is 9.59 Å². The Balaban J connectivity index is 1.13. The number of nitrogens with one attached hydrogen (secondary N) is 2. The van der Waals surface area contributed by atoms with E-state index in [1.807, 2.05) is 35.2 Å². The average molecular weight is 533 g/mol. The van der Waals surface area contributed by atoms with Gasteiger partial charge in [0.25, 0.3) is 5.91 Å². The summed E-state index contributed by atoms with van der Waals surface area (Å²) in [4.78, 5) is 25.8. The van der Waals surface area contributed by atoms with Crippen molar-refractivity contribution in [2.75, 3.05) is 32.8 Å². The van der Waals surface area contributed by atoms with Crippen molar-refractivity contribution >= 4 is 40.7 Å². The monoisotopic (exact) mass is 532 g/mol. The SMILES string of the molecule is O=C1CCC(c2ccc(OCC(=O)N3CCC(NCCCOc4ccccc4Cl)CC3)c(Cl)c2)=NN1. The lowest BCUT2D eigenvalue weighted by atomic mass is 10.0. The number of hydrogen-bond donors (Lipinski definition) is 2. The molecule has 2 aromatic carbocycles. The van der Waals surface area contributed by atoms with E-state index in [0.29, 0.717) is 60.1 Å². The highest BCUT2D eigenvalue weighted by atomic mass is 35.5. The van der Waals surface area contributed by atoms with Crippen LogP contribution in [0.2, 0.25) is 10.0 Å². The van der Waals surface area contributed by atoms with E-state index < -0.39 is 0 Å². The average Bonchev–Trinajstić information content (AvgIpc) is 2.89. The van der Waals surface area contributed by atoms with Crippen molar-refractivity contribution in [3.63, 3.8) is 0 Å². The highest BCUT2D eigenvalue weighted by Crippen LogP contribution is 2.27. The molecule has 10 heteroatoms. The molecular weight excluding hydrogens is 503 g/mol. The highest BCUT2D eigenvalue weighted by molar-refractivity contribution is 6.32. The van der Waals surface area contributed by atoms with Crippen LogP contribution in [0.4, 0.5) is 0 Å². The lowest BCUT2D eigenvalue weighted by molar-refractivity contribution is -0.134. The highest BCUT2D eigenvalue weighted by Gasteiger charge is 2.23. The number of carbonyl (C=O) groups is 2. The van der Waals surface area contributed by atoms with E-state index >= 15 is 0 Å². The van der Waals surface area contributed by atoms with Crippen molar-refractivity contribution in [1.82, 2.24) is 15.6 Å². The van der Waals surface area contributed by atoms with Gasteiger partial charge in [-0.15, -0.1) is 0 Å². The van der Waals surface area contributed by atoms with Crippen LogP contribution in [0, 0.1) is 0 Å². The molecule has 8 nitrogen and oxygen atoms in total. The molecule has 36 heavy (non-hydrogen) atoms. The number of hydrogen-bond acceptors (Lipinski definition) is 6. The van der Waals surface area contributed by atoms with Crippen LogP contribution < -0.4 is 20.2 Å². The molecule has 2 aliphatic heterocycles. The van der Waals surface area contributed by atoms with Gasteiger partial charge in [-0.3, -0.25) is 9.59 Å². The summed E-state index contributed by atoms with van der Waals surface area (Å²) in [5.41, 5.74) is 4.07. The summed E-state index contributed by atoms with van der Waals surface area (Å²) < 4.78 is 11.4. The minimum atomic E-state index is -0.0951. The second-order valence-electron chi connectivity index (χ2n) is 8.77. The number of nitrogens with zero attached hydrogens (tertiary/aromatic N) is 2. The molecule has 1 saturated heterocycles. The fourth-order valence-corrected chi connectivity index (χ4v) is 4.59. The number of piperidine rings is 1. The summed E-state index contributed by atoms with van der Waals surface area (Å²) in [5.74, 6) is 1.01. The Morgan fingerprint density at radius 2 is 1.83 bits per heavy atom. The van der Waals surface area contributed by atoms with Crippen molar-refractivity contribution < 1.29 is 19.1 Å². The number of para-hydroxylation sites is 1. The molecule has 1 fully saturated rings. The fourth-order valence-electron chi connectivity index (χ4n) is 4.17. The number of rotatable bonds is 10. The summed E-state index contributed by atoms with van der Waals surface area (Å²) >= 11 is 12.5. The van der Waals surface area contributed by atoms with Crippen LogP contribution in [0.25, 0.3) is 0 Å². The first-order valence-electron chi connectivity index (χ1n) is 12.2. The largest absolute Gasteiger partial charge is 0.492 e. The molecule has 0 atom stereocenters. The Hall–Kier alpha value is -2.81. The topological polar surface area (TPSA) is 92.3 Å². The van der Waals surface area contributed by atoms with Crippen LogP contribution in [-0.4, -0.2) is 61.3 Å². The van der Waals surface area contributed by atoms with E-state index in [2.05, 4.69) is 15.8 Å². The third kappa shape index (κ3) is 7.35. The van der Waals surface area contributed by atoms with Crippen LogP contribution in [0.15, 0.2) is 47.6 Å². The number of amides is 2. The number of benzene rings is 2. The second-order valence-corrected chi connectivity index (χ2v) is 9.58. The van der Waals surface area contributed by atoms with Gasteiger partial charge in [-0.2, -0.15) is 5.10 Å². The van der Waals surface area contributed by atoms with Crippen LogP contribution in [0.1, 0.15) is 37.7 Å². The Morgan fingerprint density at radius 1 is 1.06 bits per heavy atom. The predicted octanol–water partition coefficient (Wildman–Crippen LogP) is 4.04. The first-order valence-corrected chi connectivity index (χ1v) is 12.9. The third-order valence-electron chi connectivity index (χ3n) is 6.22. The lowest BCUT2D eigenvalue weighted by Crippen LogP contribution is -2.46. The molecule has 2 heterocycles.